The highest BCUT2D eigenvalue weighted by atomic mass is 16.5. The SMILES string of the molecule is C=C(C)C(=O)Oc1ccc(C(=C)/C=C(\C)c2ccc(OC(=O)C(=C)C)cc2)cc1. The van der Waals surface area contributed by atoms with Crippen molar-refractivity contribution in [2.24, 2.45) is 0 Å². The van der Waals surface area contributed by atoms with Gasteiger partial charge in [-0.3, -0.25) is 0 Å². The Hall–Kier alpha value is -3.66. The summed E-state index contributed by atoms with van der Waals surface area (Å²) < 4.78 is 10.4. The third-order valence-corrected chi connectivity index (χ3v) is 4.04. The Bertz CT molecular complexity index is 990. The molecule has 0 radical (unpaired) electrons. The minimum atomic E-state index is -0.454. The lowest BCUT2D eigenvalue weighted by Crippen LogP contribution is -2.08. The number of ether oxygens (including phenoxy) is 2. The van der Waals surface area contributed by atoms with Crippen LogP contribution in [0.25, 0.3) is 11.1 Å². The molecule has 2 aromatic carbocycles. The van der Waals surface area contributed by atoms with Crippen molar-refractivity contribution in [1.82, 2.24) is 0 Å². The fourth-order valence-corrected chi connectivity index (χ4v) is 2.34. The van der Waals surface area contributed by atoms with Gasteiger partial charge in [0.2, 0.25) is 0 Å². The van der Waals surface area contributed by atoms with Gasteiger partial charge in [-0.05, 0) is 67.3 Å². The van der Waals surface area contributed by atoms with E-state index in [0.717, 1.165) is 22.3 Å². The second-order valence-electron chi connectivity index (χ2n) is 6.74. The summed E-state index contributed by atoms with van der Waals surface area (Å²) in [6.45, 7) is 16.4. The summed E-state index contributed by atoms with van der Waals surface area (Å²) in [6.07, 6.45) is 1.96. The largest absolute Gasteiger partial charge is 0.423 e. The molecule has 0 amide bonds. The molecule has 0 atom stereocenters. The smallest absolute Gasteiger partial charge is 0.338 e. The number of rotatable bonds is 7. The van der Waals surface area contributed by atoms with Gasteiger partial charge in [-0.1, -0.05) is 50.1 Å². The molecule has 29 heavy (non-hydrogen) atoms. The van der Waals surface area contributed by atoms with Crippen molar-refractivity contribution >= 4 is 23.1 Å². The molecule has 0 unspecified atom stereocenters. The van der Waals surface area contributed by atoms with Crippen molar-refractivity contribution in [3.05, 3.63) is 96.6 Å². The van der Waals surface area contributed by atoms with E-state index in [-0.39, 0.29) is 0 Å². The lowest BCUT2D eigenvalue weighted by atomic mass is 10.0. The summed E-state index contributed by atoms with van der Waals surface area (Å²) in [5, 5.41) is 0. The van der Waals surface area contributed by atoms with Crippen LogP contribution in [-0.2, 0) is 9.59 Å². The summed E-state index contributed by atoms with van der Waals surface area (Å²) in [5.74, 6) is 0.0175. The Morgan fingerprint density at radius 2 is 1.07 bits per heavy atom. The first-order valence-electron chi connectivity index (χ1n) is 9.01. The third kappa shape index (κ3) is 6.18. The normalized spacial score (nSPS) is 10.8. The summed E-state index contributed by atoms with van der Waals surface area (Å²) in [4.78, 5) is 23.1. The maximum atomic E-state index is 11.6. The molecule has 0 bridgehead atoms. The minimum absolute atomic E-state index is 0.345. The van der Waals surface area contributed by atoms with Crippen LogP contribution in [0.5, 0.6) is 11.5 Å². The van der Waals surface area contributed by atoms with Crippen molar-refractivity contribution in [2.45, 2.75) is 20.8 Å². The van der Waals surface area contributed by atoms with Gasteiger partial charge in [0.05, 0.1) is 0 Å². The molecule has 0 aliphatic carbocycles. The highest BCUT2D eigenvalue weighted by molar-refractivity contribution is 5.89. The van der Waals surface area contributed by atoms with Gasteiger partial charge < -0.3 is 9.47 Å². The van der Waals surface area contributed by atoms with Crippen LogP contribution >= 0.6 is 0 Å². The van der Waals surface area contributed by atoms with Crippen molar-refractivity contribution in [3.63, 3.8) is 0 Å². The Morgan fingerprint density at radius 3 is 1.45 bits per heavy atom. The van der Waals surface area contributed by atoms with Gasteiger partial charge in [0.15, 0.2) is 0 Å². The molecule has 4 heteroatoms. The number of hydrogen-bond acceptors (Lipinski definition) is 4. The molecule has 0 heterocycles. The van der Waals surface area contributed by atoms with Crippen LogP contribution in [0.2, 0.25) is 0 Å². The molecule has 2 rings (SSSR count). The van der Waals surface area contributed by atoms with E-state index in [4.69, 9.17) is 9.47 Å². The van der Waals surface area contributed by atoms with Crippen LogP contribution in [0, 0.1) is 0 Å². The second kappa shape index (κ2) is 9.51. The first kappa shape index (κ1) is 21.6. The maximum Gasteiger partial charge on any atom is 0.338 e. The van der Waals surface area contributed by atoms with Crippen LogP contribution in [-0.4, -0.2) is 11.9 Å². The van der Waals surface area contributed by atoms with Crippen LogP contribution in [0.3, 0.4) is 0 Å². The van der Waals surface area contributed by atoms with Crippen molar-refractivity contribution < 1.29 is 19.1 Å². The number of carbonyl (C=O) groups is 2. The van der Waals surface area contributed by atoms with E-state index < -0.39 is 11.9 Å². The zero-order chi connectivity index (χ0) is 21.6. The van der Waals surface area contributed by atoms with E-state index in [1.165, 1.54) is 0 Å². The lowest BCUT2D eigenvalue weighted by Gasteiger charge is -2.08. The zero-order valence-corrected chi connectivity index (χ0v) is 17.0. The number of carbonyl (C=O) groups excluding carboxylic acids is 2. The van der Waals surface area contributed by atoms with E-state index >= 15 is 0 Å². The molecule has 0 fully saturated rings. The number of benzene rings is 2. The van der Waals surface area contributed by atoms with E-state index in [1.807, 2.05) is 37.3 Å². The maximum absolute atomic E-state index is 11.6. The average molecular weight is 388 g/mol. The minimum Gasteiger partial charge on any atom is -0.423 e. The van der Waals surface area contributed by atoms with Gasteiger partial charge in [-0.15, -0.1) is 0 Å². The van der Waals surface area contributed by atoms with E-state index in [1.54, 1.807) is 38.1 Å². The Labute approximate surface area is 171 Å². The summed E-state index contributed by atoms with van der Waals surface area (Å²) >= 11 is 0. The molecule has 148 valence electrons. The quantitative estimate of drug-likeness (QED) is 0.262. The molecular formula is C25H24O4. The molecule has 0 aromatic heterocycles. The molecule has 4 nitrogen and oxygen atoms in total. The van der Waals surface area contributed by atoms with Gasteiger partial charge in [0.25, 0.3) is 0 Å². The molecule has 0 N–H and O–H groups in total. The van der Waals surface area contributed by atoms with E-state index in [0.29, 0.717) is 22.6 Å². The number of esters is 2. The van der Waals surface area contributed by atoms with Gasteiger partial charge >= 0.3 is 11.9 Å². The van der Waals surface area contributed by atoms with E-state index in [2.05, 4.69) is 19.7 Å². The monoisotopic (exact) mass is 388 g/mol. The Balaban J connectivity index is 2.08. The number of hydrogen-bond donors (Lipinski definition) is 0. The van der Waals surface area contributed by atoms with Crippen molar-refractivity contribution in [2.75, 3.05) is 0 Å². The van der Waals surface area contributed by atoms with E-state index in [9.17, 15) is 9.59 Å². The Kier molecular flexibility index (Phi) is 7.10. The Morgan fingerprint density at radius 1 is 0.690 bits per heavy atom. The van der Waals surface area contributed by atoms with Gasteiger partial charge in [-0.25, -0.2) is 9.59 Å². The molecule has 0 saturated heterocycles. The van der Waals surface area contributed by atoms with Crippen molar-refractivity contribution in [3.8, 4) is 11.5 Å². The van der Waals surface area contributed by atoms with Crippen molar-refractivity contribution in [1.29, 1.82) is 0 Å². The lowest BCUT2D eigenvalue weighted by molar-refractivity contribution is -0.130. The second-order valence-corrected chi connectivity index (χ2v) is 6.74. The highest BCUT2D eigenvalue weighted by Gasteiger charge is 2.07. The zero-order valence-electron chi connectivity index (χ0n) is 17.0. The molecular weight excluding hydrogens is 364 g/mol. The average Bonchev–Trinajstić information content (AvgIpc) is 2.68. The molecule has 0 spiro atoms. The van der Waals surface area contributed by atoms with Gasteiger partial charge in [-0.2, -0.15) is 0 Å². The number of allylic oxidation sites excluding steroid dienone is 3. The first-order chi connectivity index (χ1) is 13.7. The predicted octanol–water partition coefficient (Wildman–Crippen LogP) is 5.77. The highest BCUT2D eigenvalue weighted by Crippen LogP contribution is 2.24. The summed E-state index contributed by atoms with van der Waals surface area (Å²) in [7, 11) is 0. The first-order valence-corrected chi connectivity index (χ1v) is 9.01. The van der Waals surface area contributed by atoms with Crippen LogP contribution < -0.4 is 9.47 Å². The van der Waals surface area contributed by atoms with Crippen LogP contribution in [0.15, 0.2) is 85.5 Å². The predicted molar refractivity (Wildman–Crippen MR) is 116 cm³/mol. The van der Waals surface area contributed by atoms with Gasteiger partial charge in [0, 0.05) is 11.1 Å². The molecule has 2 aromatic rings. The topological polar surface area (TPSA) is 52.6 Å². The summed E-state index contributed by atoms with van der Waals surface area (Å²) in [6, 6.07) is 14.3. The standard InChI is InChI=1S/C25H24O4/c1-16(2)24(26)28-22-11-7-20(8-12-22)18(5)15-19(6)21-9-13-23(14-10-21)29-25(27)17(3)4/h7-15H,1,3,5H2,2,4,6H3/b19-15+. The molecule has 0 aliphatic rings. The summed E-state index contributed by atoms with van der Waals surface area (Å²) in [5.41, 5.74) is 4.41. The van der Waals surface area contributed by atoms with Crippen LogP contribution in [0.1, 0.15) is 31.9 Å². The third-order valence-electron chi connectivity index (χ3n) is 4.04. The molecule has 0 aliphatic heterocycles. The fraction of sp³-hybridized carbons (Fsp3) is 0.120. The van der Waals surface area contributed by atoms with Gasteiger partial charge in [0.1, 0.15) is 11.5 Å². The van der Waals surface area contributed by atoms with Crippen LogP contribution in [0.4, 0.5) is 0 Å². The molecule has 0 saturated carbocycles. The fourth-order valence-electron chi connectivity index (χ4n) is 2.34.